The molecule has 0 aliphatic rings. The fourth-order valence-electron chi connectivity index (χ4n) is 2.46. The maximum Gasteiger partial charge on any atom is 0.197 e. The zero-order chi connectivity index (χ0) is 14.8. The fourth-order valence-corrected chi connectivity index (χ4v) is 2.46. The highest BCUT2D eigenvalue weighted by atomic mass is 16.5. The summed E-state index contributed by atoms with van der Waals surface area (Å²) < 4.78 is 5.63. The molecule has 2 aromatic carbocycles. The summed E-state index contributed by atoms with van der Waals surface area (Å²) in [4.78, 5) is 15.9. The van der Waals surface area contributed by atoms with Gasteiger partial charge in [0.1, 0.15) is 5.75 Å². The van der Waals surface area contributed by atoms with Gasteiger partial charge in [0.15, 0.2) is 5.78 Å². The minimum atomic E-state index is -0.105. The molecule has 3 aromatic rings. The zero-order valence-corrected chi connectivity index (χ0v) is 11.7. The van der Waals surface area contributed by atoms with E-state index in [1.54, 1.807) is 18.3 Å². The molecule has 0 bridgehead atoms. The van der Waals surface area contributed by atoms with E-state index in [-0.39, 0.29) is 5.78 Å². The number of hydrogen-bond donors (Lipinski definition) is 2. The summed E-state index contributed by atoms with van der Waals surface area (Å²) in [6, 6.07) is 12.8. The molecule has 0 aliphatic heterocycles. The number of nitrogens with two attached hydrogens (primary N) is 1. The second-order valence-corrected chi connectivity index (χ2v) is 4.73. The summed E-state index contributed by atoms with van der Waals surface area (Å²) in [6.07, 6.45) is 1.71. The summed E-state index contributed by atoms with van der Waals surface area (Å²) >= 11 is 0. The van der Waals surface area contributed by atoms with Crippen LogP contribution in [0.1, 0.15) is 22.8 Å². The van der Waals surface area contributed by atoms with Gasteiger partial charge in [-0.15, -0.1) is 0 Å². The van der Waals surface area contributed by atoms with Crippen LogP contribution in [0.15, 0.2) is 48.7 Å². The molecule has 0 aliphatic carbocycles. The lowest BCUT2D eigenvalue weighted by molar-refractivity contribution is 0.104. The van der Waals surface area contributed by atoms with Gasteiger partial charge < -0.3 is 15.5 Å². The topological polar surface area (TPSA) is 68.1 Å². The van der Waals surface area contributed by atoms with E-state index in [1.807, 2.05) is 37.3 Å². The maximum absolute atomic E-state index is 12.7. The molecular weight excluding hydrogens is 264 g/mol. The monoisotopic (exact) mass is 280 g/mol. The molecule has 0 saturated heterocycles. The zero-order valence-electron chi connectivity index (χ0n) is 11.7. The normalized spacial score (nSPS) is 10.7. The van der Waals surface area contributed by atoms with E-state index in [0.717, 1.165) is 10.9 Å². The SMILES string of the molecule is CCOc1cccc2[nH]cc(C(=O)c3ccccc3N)c12. The minimum absolute atomic E-state index is 0.105. The van der Waals surface area contributed by atoms with Crippen molar-refractivity contribution in [2.75, 3.05) is 12.3 Å². The lowest BCUT2D eigenvalue weighted by Gasteiger charge is -2.07. The molecule has 1 heterocycles. The standard InChI is InChI=1S/C17H16N2O2/c1-2-21-15-9-5-8-14-16(15)12(10-19-14)17(20)11-6-3-4-7-13(11)18/h3-10,19H,2,18H2,1H3. The first-order valence-corrected chi connectivity index (χ1v) is 6.84. The maximum atomic E-state index is 12.7. The van der Waals surface area contributed by atoms with Crippen LogP contribution in [0.4, 0.5) is 5.69 Å². The molecule has 3 rings (SSSR count). The molecule has 0 unspecified atom stereocenters. The summed E-state index contributed by atoms with van der Waals surface area (Å²) in [5, 5.41) is 0.799. The molecule has 21 heavy (non-hydrogen) atoms. The largest absolute Gasteiger partial charge is 0.493 e. The molecule has 0 saturated carbocycles. The molecule has 0 atom stereocenters. The quantitative estimate of drug-likeness (QED) is 0.568. The molecule has 1 aromatic heterocycles. The van der Waals surface area contributed by atoms with Gasteiger partial charge >= 0.3 is 0 Å². The third kappa shape index (κ3) is 2.25. The first kappa shape index (κ1) is 13.2. The van der Waals surface area contributed by atoms with Crippen LogP contribution in [0, 0.1) is 0 Å². The Morgan fingerprint density at radius 1 is 1.14 bits per heavy atom. The molecule has 4 nitrogen and oxygen atoms in total. The van der Waals surface area contributed by atoms with E-state index < -0.39 is 0 Å². The van der Waals surface area contributed by atoms with Gasteiger partial charge in [0.25, 0.3) is 0 Å². The van der Waals surface area contributed by atoms with Crippen LogP contribution >= 0.6 is 0 Å². The van der Waals surface area contributed by atoms with Gasteiger partial charge in [0.05, 0.1) is 17.6 Å². The number of hydrogen-bond acceptors (Lipinski definition) is 3. The number of fused-ring (bicyclic) bond motifs is 1. The number of benzene rings is 2. The van der Waals surface area contributed by atoms with Crippen molar-refractivity contribution < 1.29 is 9.53 Å². The molecule has 3 N–H and O–H groups in total. The van der Waals surface area contributed by atoms with Crippen LogP contribution in [0.5, 0.6) is 5.75 Å². The summed E-state index contributed by atoms with van der Waals surface area (Å²) in [7, 11) is 0. The van der Waals surface area contributed by atoms with E-state index in [9.17, 15) is 4.79 Å². The van der Waals surface area contributed by atoms with E-state index in [0.29, 0.717) is 29.2 Å². The number of carbonyl (C=O) groups is 1. The molecule has 4 heteroatoms. The highest BCUT2D eigenvalue weighted by Crippen LogP contribution is 2.31. The molecule has 0 radical (unpaired) electrons. The Kier molecular flexibility index (Phi) is 3.36. The molecule has 0 spiro atoms. The van der Waals surface area contributed by atoms with E-state index in [1.165, 1.54) is 0 Å². The first-order valence-electron chi connectivity index (χ1n) is 6.84. The number of carbonyl (C=O) groups excluding carboxylic acids is 1. The van der Waals surface area contributed by atoms with Crippen LogP contribution in [-0.2, 0) is 0 Å². The second-order valence-electron chi connectivity index (χ2n) is 4.73. The number of aromatic nitrogens is 1. The number of nitrogen functional groups attached to an aromatic ring is 1. The van der Waals surface area contributed by atoms with Crippen molar-refractivity contribution in [3.63, 3.8) is 0 Å². The Balaban J connectivity index is 2.17. The summed E-state index contributed by atoms with van der Waals surface area (Å²) in [5.74, 6) is 0.598. The predicted octanol–water partition coefficient (Wildman–Crippen LogP) is 3.38. The van der Waals surface area contributed by atoms with Crippen LogP contribution in [0.25, 0.3) is 10.9 Å². The second kappa shape index (κ2) is 5.32. The number of rotatable bonds is 4. The molecule has 0 amide bonds. The molecule has 106 valence electrons. The van der Waals surface area contributed by atoms with Crippen molar-refractivity contribution in [3.8, 4) is 5.75 Å². The smallest absolute Gasteiger partial charge is 0.197 e. The fraction of sp³-hybridized carbons (Fsp3) is 0.118. The number of ketones is 1. The first-order chi connectivity index (χ1) is 10.2. The number of anilines is 1. The molecule has 0 fully saturated rings. The number of para-hydroxylation sites is 1. The van der Waals surface area contributed by atoms with Gasteiger partial charge in [-0.2, -0.15) is 0 Å². The Bertz CT molecular complexity index is 805. The van der Waals surface area contributed by atoms with Gasteiger partial charge in [0, 0.05) is 23.0 Å². The van der Waals surface area contributed by atoms with Gasteiger partial charge in [-0.1, -0.05) is 18.2 Å². The Morgan fingerprint density at radius 3 is 2.71 bits per heavy atom. The van der Waals surface area contributed by atoms with Crippen molar-refractivity contribution in [2.45, 2.75) is 6.92 Å². The lowest BCUT2D eigenvalue weighted by atomic mass is 10.0. The van der Waals surface area contributed by atoms with Gasteiger partial charge in [-0.25, -0.2) is 0 Å². The predicted molar refractivity (Wildman–Crippen MR) is 83.8 cm³/mol. The van der Waals surface area contributed by atoms with Crippen molar-refractivity contribution in [3.05, 3.63) is 59.8 Å². The van der Waals surface area contributed by atoms with E-state index in [2.05, 4.69) is 4.98 Å². The molecular formula is C17H16N2O2. The minimum Gasteiger partial charge on any atom is -0.493 e. The van der Waals surface area contributed by atoms with Gasteiger partial charge in [-0.3, -0.25) is 4.79 Å². The van der Waals surface area contributed by atoms with Crippen LogP contribution in [0.3, 0.4) is 0 Å². The summed E-state index contributed by atoms with van der Waals surface area (Å²) in [6.45, 7) is 2.47. The average molecular weight is 280 g/mol. The van der Waals surface area contributed by atoms with Crippen molar-refractivity contribution >= 4 is 22.4 Å². The van der Waals surface area contributed by atoms with Crippen LogP contribution in [0.2, 0.25) is 0 Å². The van der Waals surface area contributed by atoms with Crippen LogP contribution in [-0.4, -0.2) is 17.4 Å². The highest BCUT2D eigenvalue weighted by Gasteiger charge is 2.18. The van der Waals surface area contributed by atoms with Crippen LogP contribution < -0.4 is 10.5 Å². The highest BCUT2D eigenvalue weighted by molar-refractivity contribution is 6.19. The number of ether oxygens (including phenoxy) is 1. The number of H-pyrrole nitrogens is 1. The summed E-state index contributed by atoms with van der Waals surface area (Å²) in [5.41, 5.74) is 8.34. The van der Waals surface area contributed by atoms with Gasteiger partial charge in [-0.05, 0) is 31.2 Å². The third-order valence-electron chi connectivity index (χ3n) is 3.42. The Labute approximate surface area is 122 Å². The third-order valence-corrected chi connectivity index (χ3v) is 3.42. The Morgan fingerprint density at radius 2 is 1.95 bits per heavy atom. The Hall–Kier alpha value is -2.75. The average Bonchev–Trinajstić information content (AvgIpc) is 2.92. The lowest BCUT2D eigenvalue weighted by Crippen LogP contribution is -2.05. The van der Waals surface area contributed by atoms with Crippen molar-refractivity contribution in [1.29, 1.82) is 0 Å². The van der Waals surface area contributed by atoms with Crippen molar-refractivity contribution in [2.24, 2.45) is 0 Å². The van der Waals surface area contributed by atoms with E-state index >= 15 is 0 Å². The van der Waals surface area contributed by atoms with Crippen molar-refractivity contribution in [1.82, 2.24) is 4.98 Å². The number of nitrogens with one attached hydrogen (secondary N) is 1. The number of aromatic amines is 1. The van der Waals surface area contributed by atoms with Gasteiger partial charge in [0.2, 0.25) is 0 Å². The van der Waals surface area contributed by atoms with E-state index in [4.69, 9.17) is 10.5 Å².